The van der Waals surface area contributed by atoms with E-state index in [-0.39, 0.29) is 11.8 Å². The van der Waals surface area contributed by atoms with Gasteiger partial charge in [-0.3, -0.25) is 4.79 Å². The molecule has 2 aliphatic rings. The molecule has 2 heterocycles. The molecule has 1 saturated heterocycles. The van der Waals surface area contributed by atoms with Crippen LogP contribution in [0.3, 0.4) is 0 Å². The van der Waals surface area contributed by atoms with E-state index in [0.29, 0.717) is 6.04 Å². The van der Waals surface area contributed by atoms with Crippen LogP contribution < -0.4 is 0 Å². The van der Waals surface area contributed by atoms with Gasteiger partial charge in [0.1, 0.15) is 0 Å². The van der Waals surface area contributed by atoms with Crippen molar-refractivity contribution in [2.75, 3.05) is 6.54 Å². The lowest BCUT2D eigenvalue weighted by molar-refractivity contribution is -0.127. The normalized spacial score (nSPS) is 35.6. The van der Waals surface area contributed by atoms with Crippen molar-refractivity contribution in [1.82, 2.24) is 4.90 Å². The number of rotatable bonds is 1. The van der Waals surface area contributed by atoms with Crippen LogP contribution in [-0.2, 0) is 4.79 Å². The van der Waals surface area contributed by atoms with Gasteiger partial charge in [-0.05, 0) is 0 Å². The third kappa shape index (κ3) is 0.618. The van der Waals surface area contributed by atoms with E-state index < -0.39 is 0 Å². The lowest BCUT2D eigenvalue weighted by Gasteiger charge is -2.11. The maximum atomic E-state index is 11.2. The van der Waals surface area contributed by atoms with E-state index in [1.165, 1.54) is 0 Å². The Bertz CT molecular complexity index is 219. The fraction of sp³-hybridized carbons (Fsp3) is 0.375. The zero-order valence-corrected chi connectivity index (χ0v) is 5.66. The SMILES string of the molecule is C=CC1C=CC2CN2C1=O. The Hall–Kier alpha value is -1.05. The molecule has 0 N–H and O–H groups in total. The Morgan fingerprint density at radius 3 is 3.20 bits per heavy atom. The number of nitrogens with zero attached hydrogens (tertiary/aromatic N) is 1. The molecule has 2 heteroatoms. The summed E-state index contributed by atoms with van der Waals surface area (Å²) in [6.45, 7) is 4.51. The predicted molar refractivity (Wildman–Crippen MR) is 38.3 cm³/mol. The van der Waals surface area contributed by atoms with Gasteiger partial charge in [0.2, 0.25) is 5.91 Å². The molecule has 0 aromatic rings. The van der Waals surface area contributed by atoms with Gasteiger partial charge in [0.25, 0.3) is 0 Å². The number of carbonyl (C=O) groups is 1. The van der Waals surface area contributed by atoms with Crippen molar-refractivity contribution in [3.63, 3.8) is 0 Å². The Labute approximate surface area is 59.8 Å². The number of amides is 1. The topological polar surface area (TPSA) is 20.1 Å². The van der Waals surface area contributed by atoms with Crippen LogP contribution in [0.25, 0.3) is 0 Å². The summed E-state index contributed by atoms with van der Waals surface area (Å²) in [5.41, 5.74) is 0. The van der Waals surface area contributed by atoms with Crippen LogP contribution in [0.1, 0.15) is 0 Å². The monoisotopic (exact) mass is 135 g/mol. The van der Waals surface area contributed by atoms with Crippen LogP contribution in [0.2, 0.25) is 0 Å². The number of carbonyl (C=O) groups excluding carboxylic acids is 1. The standard InChI is InChI=1S/C8H9NO/c1-2-6-3-4-7-5-9(7)8(6)10/h2-4,6-7H,1,5H2. The Balaban J connectivity index is 2.24. The van der Waals surface area contributed by atoms with E-state index in [0.717, 1.165) is 6.54 Å². The smallest absolute Gasteiger partial charge is 0.233 e. The molecule has 2 aliphatic heterocycles. The first kappa shape index (κ1) is 5.71. The van der Waals surface area contributed by atoms with E-state index >= 15 is 0 Å². The summed E-state index contributed by atoms with van der Waals surface area (Å²) in [6.07, 6.45) is 5.70. The molecule has 1 fully saturated rings. The molecule has 2 atom stereocenters. The second kappa shape index (κ2) is 1.72. The molecule has 2 unspecified atom stereocenters. The Morgan fingerprint density at radius 1 is 1.70 bits per heavy atom. The highest BCUT2D eigenvalue weighted by Gasteiger charge is 2.41. The summed E-state index contributed by atoms with van der Waals surface area (Å²) in [6, 6.07) is 0.420. The van der Waals surface area contributed by atoms with Crippen LogP contribution >= 0.6 is 0 Å². The summed E-state index contributed by atoms with van der Waals surface area (Å²) < 4.78 is 0. The predicted octanol–water partition coefficient (Wildman–Crippen LogP) is 0.569. The maximum absolute atomic E-state index is 11.2. The number of hydrogen-bond donors (Lipinski definition) is 0. The quantitative estimate of drug-likeness (QED) is 0.380. The highest BCUT2D eigenvalue weighted by atomic mass is 16.2. The first-order valence-corrected chi connectivity index (χ1v) is 3.44. The van der Waals surface area contributed by atoms with Gasteiger partial charge in [0.15, 0.2) is 0 Å². The molecule has 2 rings (SSSR count). The summed E-state index contributed by atoms with van der Waals surface area (Å²) in [7, 11) is 0. The van der Waals surface area contributed by atoms with Crippen molar-refractivity contribution in [2.45, 2.75) is 6.04 Å². The van der Waals surface area contributed by atoms with E-state index in [1.54, 1.807) is 6.08 Å². The summed E-state index contributed by atoms with van der Waals surface area (Å²) >= 11 is 0. The van der Waals surface area contributed by atoms with Gasteiger partial charge in [-0.2, -0.15) is 0 Å². The molecule has 0 radical (unpaired) electrons. The molecule has 0 saturated carbocycles. The second-order valence-corrected chi connectivity index (χ2v) is 2.70. The highest BCUT2D eigenvalue weighted by molar-refractivity contribution is 5.86. The minimum absolute atomic E-state index is 0.0567. The van der Waals surface area contributed by atoms with Gasteiger partial charge in [0.05, 0.1) is 12.0 Å². The Morgan fingerprint density at radius 2 is 2.50 bits per heavy atom. The third-order valence-corrected chi connectivity index (χ3v) is 2.01. The molecule has 0 aromatic carbocycles. The van der Waals surface area contributed by atoms with Crippen LogP contribution in [0.15, 0.2) is 24.8 Å². The third-order valence-electron chi connectivity index (χ3n) is 2.01. The van der Waals surface area contributed by atoms with E-state index in [2.05, 4.69) is 12.7 Å². The van der Waals surface area contributed by atoms with Gasteiger partial charge in [-0.15, -0.1) is 6.58 Å². The van der Waals surface area contributed by atoms with Gasteiger partial charge in [0, 0.05) is 6.54 Å². The van der Waals surface area contributed by atoms with Crippen molar-refractivity contribution >= 4 is 5.91 Å². The second-order valence-electron chi connectivity index (χ2n) is 2.70. The van der Waals surface area contributed by atoms with Crippen molar-refractivity contribution in [1.29, 1.82) is 0 Å². The van der Waals surface area contributed by atoms with E-state index in [1.807, 2.05) is 11.0 Å². The largest absolute Gasteiger partial charge is 0.331 e. The van der Waals surface area contributed by atoms with Gasteiger partial charge >= 0.3 is 0 Å². The fourth-order valence-electron chi connectivity index (χ4n) is 1.27. The zero-order valence-electron chi connectivity index (χ0n) is 5.66. The fourth-order valence-corrected chi connectivity index (χ4v) is 1.27. The number of hydrogen-bond acceptors (Lipinski definition) is 1. The molecule has 0 spiro atoms. The maximum Gasteiger partial charge on any atom is 0.233 e. The lowest BCUT2D eigenvalue weighted by atomic mass is 10.1. The molecule has 0 aromatic heterocycles. The van der Waals surface area contributed by atoms with Crippen molar-refractivity contribution in [3.05, 3.63) is 24.8 Å². The number of fused-ring (bicyclic) bond motifs is 1. The summed E-state index contributed by atoms with van der Waals surface area (Å²) in [5.74, 6) is 0.154. The molecule has 2 nitrogen and oxygen atoms in total. The molecule has 1 amide bonds. The van der Waals surface area contributed by atoms with Crippen molar-refractivity contribution < 1.29 is 4.79 Å². The first-order valence-electron chi connectivity index (χ1n) is 3.44. The molecule has 52 valence electrons. The van der Waals surface area contributed by atoms with Crippen LogP contribution in [0.5, 0.6) is 0 Å². The van der Waals surface area contributed by atoms with E-state index in [4.69, 9.17) is 0 Å². The molecule has 10 heavy (non-hydrogen) atoms. The van der Waals surface area contributed by atoms with Crippen LogP contribution in [-0.4, -0.2) is 23.4 Å². The summed E-state index contributed by atoms with van der Waals surface area (Å²) in [5, 5.41) is 0. The molecule has 0 aliphatic carbocycles. The minimum atomic E-state index is -0.0567. The van der Waals surface area contributed by atoms with Gasteiger partial charge in [-0.25, -0.2) is 0 Å². The Kier molecular flexibility index (Phi) is 0.982. The molecular weight excluding hydrogens is 126 g/mol. The lowest BCUT2D eigenvalue weighted by Crippen LogP contribution is -2.23. The zero-order chi connectivity index (χ0) is 7.14. The van der Waals surface area contributed by atoms with Gasteiger partial charge < -0.3 is 4.90 Å². The van der Waals surface area contributed by atoms with Gasteiger partial charge in [-0.1, -0.05) is 18.2 Å². The van der Waals surface area contributed by atoms with E-state index in [9.17, 15) is 4.79 Å². The average Bonchev–Trinajstić information content (AvgIpc) is 2.68. The highest BCUT2D eigenvalue weighted by Crippen LogP contribution is 2.27. The van der Waals surface area contributed by atoms with Crippen molar-refractivity contribution in [2.24, 2.45) is 5.92 Å². The first-order chi connectivity index (χ1) is 4.83. The average molecular weight is 135 g/mol. The van der Waals surface area contributed by atoms with Crippen LogP contribution in [0.4, 0.5) is 0 Å². The minimum Gasteiger partial charge on any atom is -0.331 e. The molecular formula is C8H9NO. The summed E-state index contributed by atoms with van der Waals surface area (Å²) in [4.78, 5) is 13.1. The van der Waals surface area contributed by atoms with Crippen LogP contribution in [0, 0.1) is 5.92 Å². The van der Waals surface area contributed by atoms with Crippen molar-refractivity contribution in [3.8, 4) is 0 Å². The molecule has 0 bridgehead atoms.